The van der Waals surface area contributed by atoms with Gasteiger partial charge in [0.1, 0.15) is 33.6 Å². The molecule has 16 nitrogen and oxygen atoms in total. The molecule has 2 aromatic carbocycles. The molecule has 3 fully saturated rings. The van der Waals surface area contributed by atoms with Gasteiger partial charge >= 0.3 is 0 Å². The van der Waals surface area contributed by atoms with E-state index in [0.29, 0.717) is 81.3 Å². The number of nitrogens with one attached hydrogen (secondary N) is 4. The lowest BCUT2D eigenvalue weighted by Gasteiger charge is -2.50. The molecular formula is C49H48Cl2F3N9O7S. The monoisotopic (exact) mass is 1030 g/mol. The summed E-state index contributed by atoms with van der Waals surface area (Å²) in [6.45, 7) is 7.57. The second-order valence-electron chi connectivity index (χ2n) is 18.9. The van der Waals surface area contributed by atoms with Crippen LogP contribution < -0.4 is 21.3 Å². The number of likely N-dealkylation sites (tertiary alicyclic amines) is 1. The molecular weight excluding hydrogens is 987 g/mol. The molecule has 3 aromatic heterocycles. The van der Waals surface area contributed by atoms with Gasteiger partial charge in [-0.2, -0.15) is 0 Å². The maximum atomic E-state index is 13.9. The Morgan fingerprint density at radius 2 is 1.20 bits per heavy atom. The summed E-state index contributed by atoms with van der Waals surface area (Å²) in [5.41, 5.74) is 4.79. The van der Waals surface area contributed by atoms with Gasteiger partial charge in [-0.1, -0.05) is 35.3 Å². The number of amides is 5. The van der Waals surface area contributed by atoms with Crippen LogP contribution in [-0.2, 0) is 45.9 Å². The highest BCUT2D eigenvalue weighted by atomic mass is 35.5. The third-order valence-corrected chi connectivity index (χ3v) is 15.6. The summed E-state index contributed by atoms with van der Waals surface area (Å²) < 4.78 is 44.5. The van der Waals surface area contributed by atoms with Crippen molar-refractivity contribution in [1.29, 1.82) is 0 Å². The average molecular weight is 1030 g/mol. The third-order valence-electron chi connectivity index (χ3n) is 13.9. The van der Waals surface area contributed by atoms with E-state index in [1.54, 1.807) is 54.3 Å². The van der Waals surface area contributed by atoms with Crippen LogP contribution in [0, 0.1) is 27.7 Å². The number of rotatable bonds is 12. The number of ketones is 2. The van der Waals surface area contributed by atoms with Crippen LogP contribution in [0.5, 0.6) is 0 Å². The molecule has 71 heavy (non-hydrogen) atoms. The fraction of sp³-hybridized carbons (Fsp3) is 0.408. The number of aryl methyl sites for hydroxylation is 2. The number of anilines is 2. The smallest absolute Gasteiger partial charge is 0.293 e. The Balaban J connectivity index is 0.000000177. The topological polar surface area (TPSA) is 206 Å². The minimum atomic E-state index is -3.19. The maximum absolute atomic E-state index is 13.9. The predicted molar refractivity (Wildman–Crippen MR) is 257 cm³/mol. The van der Waals surface area contributed by atoms with Crippen molar-refractivity contribution in [1.82, 2.24) is 34.9 Å². The van der Waals surface area contributed by atoms with E-state index in [4.69, 9.17) is 23.2 Å². The molecule has 6 heterocycles. The zero-order valence-electron chi connectivity index (χ0n) is 39.0. The zero-order chi connectivity index (χ0) is 50.9. The summed E-state index contributed by atoms with van der Waals surface area (Å²) in [5.74, 6) is -8.37. The van der Waals surface area contributed by atoms with Gasteiger partial charge in [0, 0.05) is 58.7 Å². The fourth-order valence-corrected chi connectivity index (χ4v) is 11.2. The SMILES string of the molecule is Cc1ccc(NC(=O)c2c(C)c(C(=O)C(=O)NC3(C(=O)N4CC(F)C4)CC(F)(F)C3)c3n2CCC3)cc1Cl.Cc1ccc(NC(=O)c2c(C)c(C(=O)C(=O)NC3(c4nncs4)CC3)c3n2CCC3)cc1Cl. The van der Waals surface area contributed by atoms with E-state index < -0.39 is 71.2 Å². The molecule has 1 saturated heterocycles. The fourth-order valence-electron chi connectivity index (χ4n) is 10.0. The molecule has 10 rings (SSSR count). The molecule has 0 unspecified atom stereocenters. The molecule has 0 atom stereocenters. The van der Waals surface area contributed by atoms with Gasteiger partial charge in [0.15, 0.2) is 0 Å². The molecule has 2 saturated carbocycles. The Morgan fingerprint density at radius 1 is 0.718 bits per heavy atom. The van der Waals surface area contributed by atoms with Crippen molar-refractivity contribution in [2.45, 2.75) is 115 Å². The molecule has 372 valence electrons. The van der Waals surface area contributed by atoms with E-state index in [1.165, 1.54) is 11.3 Å². The molecule has 5 amide bonds. The quantitative estimate of drug-likeness (QED) is 0.0725. The van der Waals surface area contributed by atoms with Crippen molar-refractivity contribution in [3.05, 3.63) is 113 Å². The largest absolute Gasteiger partial charge is 0.340 e. The lowest BCUT2D eigenvalue weighted by molar-refractivity contribution is -0.178. The van der Waals surface area contributed by atoms with Gasteiger partial charge in [-0.3, -0.25) is 33.6 Å². The molecule has 0 spiro atoms. The standard InChI is InChI=1S/C26H26ClF3N4O4.C23H22ClN5O3S/c1-13-5-6-16(8-17(13)27)31-22(36)20-14(2)19(18-4-3-7-34(18)20)21(35)23(37)32-25(11-26(29,30)12-25)24(38)33-9-15(28)10-33;1-12-5-6-14(10-15(12)24)26-20(31)18-13(2)17(16-4-3-9-29(16)18)19(30)21(32)27-23(7-8-23)22-28-25-11-33-22/h5-6,8,15H,3-4,7,9-12H2,1-2H3,(H,31,36)(H,32,37);5-6,10-11H,3-4,7-9H2,1-2H3,(H,26,31)(H,27,32). The van der Waals surface area contributed by atoms with Crippen LogP contribution in [0.4, 0.5) is 24.5 Å². The maximum Gasteiger partial charge on any atom is 0.293 e. The second kappa shape index (κ2) is 18.7. The van der Waals surface area contributed by atoms with Gasteiger partial charge in [0.25, 0.3) is 41.1 Å². The van der Waals surface area contributed by atoms with Crippen molar-refractivity contribution in [2.24, 2.45) is 0 Å². The Kier molecular flexibility index (Phi) is 13.0. The van der Waals surface area contributed by atoms with E-state index in [2.05, 4.69) is 31.5 Å². The molecule has 5 aromatic rings. The van der Waals surface area contributed by atoms with Gasteiger partial charge in [-0.25, -0.2) is 13.2 Å². The number of Topliss-reactive ketones (excluding diaryl/α,β-unsaturated/α-hetero) is 2. The minimum absolute atomic E-state index is 0.0218. The highest BCUT2D eigenvalue weighted by Gasteiger charge is 2.64. The first kappa shape index (κ1) is 49.6. The molecule has 22 heteroatoms. The zero-order valence-corrected chi connectivity index (χ0v) is 41.3. The molecule has 2 aliphatic carbocycles. The van der Waals surface area contributed by atoms with Crippen LogP contribution in [0.15, 0.2) is 41.9 Å². The first-order valence-electron chi connectivity index (χ1n) is 23.0. The summed E-state index contributed by atoms with van der Waals surface area (Å²) in [7, 11) is 0. The van der Waals surface area contributed by atoms with Crippen molar-refractivity contribution >= 4 is 87.0 Å². The second-order valence-corrected chi connectivity index (χ2v) is 20.6. The number of hydrogen-bond donors (Lipinski definition) is 4. The lowest BCUT2D eigenvalue weighted by atomic mass is 9.71. The van der Waals surface area contributed by atoms with Gasteiger partial charge in [-0.15, -0.1) is 21.5 Å². The lowest BCUT2D eigenvalue weighted by Crippen LogP contribution is -2.72. The summed E-state index contributed by atoms with van der Waals surface area (Å²) in [6.07, 6.45) is 0.788. The summed E-state index contributed by atoms with van der Waals surface area (Å²) in [5, 5.41) is 20.4. The first-order valence-corrected chi connectivity index (χ1v) is 24.7. The number of alkyl halides is 3. The number of carbonyl (C=O) groups excluding carboxylic acids is 7. The Hall–Kier alpha value is -6.38. The van der Waals surface area contributed by atoms with Gasteiger partial charge in [-0.05, 0) is 113 Å². The van der Waals surface area contributed by atoms with Gasteiger partial charge in [0.2, 0.25) is 5.91 Å². The van der Waals surface area contributed by atoms with Gasteiger partial charge < -0.3 is 35.3 Å². The highest BCUT2D eigenvalue weighted by Crippen LogP contribution is 2.48. The van der Waals surface area contributed by atoms with Crippen LogP contribution >= 0.6 is 34.5 Å². The summed E-state index contributed by atoms with van der Waals surface area (Å²) in [6, 6.07) is 10.4. The van der Waals surface area contributed by atoms with Crippen LogP contribution in [0.1, 0.15) is 119 Å². The van der Waals surface area contributed by atoms with E-state index in [1.807, 2.05) is 24.5 Å². The number of nitrogens with zero attached hydrogens (tertiary/aromatic N) is 5. The molecule has 4 N–H and O–H groups in total. The first-order chi connectivity index (χ1) is 33.6. The van der Waals surface area contributed by atoms with E-state index in [0.717, 1.165) is 41.0 Å². The minimum Gasteiger partial charge on any atom is -0.340 e. The Morgan fingerprint density at radius 3 is 1.61 bits per heavy atom. The number of halogens is 5. The molecule has 0 radical (unpaired) electrons. The van der Waals surface area contributed by atoms with Crippen molar-refractivity contribution in [2.75, 3.05) is 23.7 Å². The Bertz CT molecular complexity index is 3080. The summed E-state index contributed by atoms with van der Waals surface area (Å²) in [4.78, 5) is 93.0. The van der Waals surface area contributed by atoms with Crippen molar-refractivity contribution in [3.63, 3.8) is 0 Å². The number of aromatic nitrogens is 4. The number of hydrogen-bond acceptors (Lipinski definition) is 10. The van der Waals surface area contributed by atoms with E-state index in [-0.39, 0.29) is 35.8 Å². The molecule has 3 aliphatic heterocycles. The molecule has 5 aliphatic rings. The van der Waals surface area contributed by atoms with Crippen LogP contribution in [0.3, 0.4) is 0 Å². The highest BCUT2D eigenvalue weighted by molar-refractivity contribution is 7.09. The van der Waals surface area contributed by atoms with E-state index >= 15 is 0 Å². The van der Waals surface area contributed by atoms with Crippen molar-refractivity contribution in [3.8, 4) is 0 Å². The predicted octanol–water partition coefficient (Wildman–Crippen LogP) is 7.40. The van der Waals surface area contributed by atoms with Crippen LogP contribution in [0.2, 0.25) is 10.0 Å². The summed E-state index contributed by atoms with van der Waals surface area (Å²) >= 11 is 13.7. The van der Waals surface area contributed by atoms with E-state index in [9.17, 15) is 46.7 Å². The number of carbonyl (C=O) groups is 7. The number of fused-ring (bicyclic) bond motifs is 2. The number of benzene rings is 2. The molecule has 0 bridgehead atoms. The van der Waals surface area contributed by atoms with Gasteiger partial charge in [0.05, 0.1) is 29.8 Å². The Labute approximate surface area is 419 Å². The van der Waals surface area contributed by atoms with Crippen molar-refractivity contribution < 1.29 is 46.7 Å². The van der Waals surface area contributed by atoms with Crippen LogP contribution in [-0.4, -0.2) is 96.1 Å². The third kappa shape index (κ3) is 9.25. The average Bonchev–Trinajstić information content (AvgIpc) is 3.86. The van der Waals surface area contributed by atoms with Crippen LogP contribution in [0.25, 0.3) is 0 Å². The normalized spacial score (nSPS) is 17.6.